The quantitative estimate of drug-likeness (QED) is 0.600. The minimum Gasteiger partial charge on any atom is -0.342 e. The Morgan fingerprint density at radius 1 is 1.19 bits per heavy atom. The monoisotopic (exact) mass is 400 g/mol. The van der Waals surface area contributed by atoms with Gasteiger partial charge in [0, 0.05) is 47.3 Å². The fourth-order valence-corrected chi connectivity index (χ4v) is 4.46. The molecule has 27 heavy (non-hydrogen) atoms. The van der Waals surface area contributed by atoms with Crippen molar-refractivity contribution in [3.05, 3.63) is 59.5 Å². The third-order valence-corrected chi connectivity index (χ3v) is 6.14. The summed E-state index contributed by atoms with van der Waals surface area (Å²) in [5.41, 5.74) is 0.857. The molecule has 1 aliphatic heterocycles. The van der Waals surface area contributed by atoms with E-state index < -0.39 is 0 Å². The molecule has 5 nitrogen and oxygen atoms in total. The fraction of sp³-hybridized carbons (Fsp3) is 0.350. The largest absolute Gasteiger partial charge is 0.342 e. The molecule has 0 saturated carbocycles. The number of nitrogens with zero attached hydrogens (tertiary/aromatic N) is 4. The Kier molecular flexibility index (Phi) is 5.64. The number of rotatable bonds is 5. The van der Waals surface area contributed by atoms with Crippen molar-refractivity contribution in [2.45, 2.75) is 30.1 Å². The van der Waals surface area contributed by atoms with Crippen molar-refractivity contribution in [1.82, 2.24) is 19.5 Å². The number of carbonyl (C=O) groups is 1. The Bertz CT molecular complexity index is 927. The summed E-state index contributed by atoms with van der Waals surface area (Å²) in [6, 6.07) is 13.6. The zero-order valence-electron chi connectivity index (χ0n) is 14.9. The van der Waals surface area contributed by atoms with Crippen molar-refractivity contribution in [2.24, 2.45) is 0 Å². The molecular weight excluding hydrogens is 380 g/mol. The summed E-state index contributed by atoms with van der Waals surface area (Å²) >= 11 is 7.60. The first-order valence-electron chi connectivity index (χ1n) is 9.16. The molecule has 2 aromatic heterocycles. The number of amides is 1. The summed E-state index contributed by atoms with van der Waals surface area (Å²) in [6.45, 7) is 1.55. The Morgan fingerprint density at radius 3 is 2.89 bits per heavy atom. The van der Waals surface area contributed by atoms with Crippen molar-refractivity contribution in [2.75, 3.05) is 18.8 Å². The van der Waals surface area contributed by atoms with E-state index in [1.165, 1.54) is 0 Å². The summed E-state index contributed by atoms with van der Waals surface area (Å²) in [5, 5.41) is 9.36. The first-order chi connectivity index (χ1) is 13.2. The Labute approximate surface area is 167 Å². The van der Waals surface area contributed by atoms with Crippen molar-refractivity contribution in [1.29, 1.82) is 0 Å². The second kappa shape index (κ2) is 8.31. The van der Waals surface area contributed by atoms with Crippen molar-refractivity contribution in [3.8, 4) is 0 Å². The maximum atomic E-state index is 12.7. The molecule has 0 N–H and O–H groups in total. The number of aromatic nitrogens is 3. The predicted molar refractivity (Wildman–Crippen MR) is 108 cm³/mol. The number of benzene rings is 1. The molecule has 0 radical (unpaired) electrons. The Morgan fingerprint density at radius 2 is 2.04 bits per heavy atom. The number of halogens is 1. The zero-order valence-corrected chi connectivity index (χ0v) is 16.5. The molecule has 1 aliphatic rings. The van der Waals surface area contributed by atoms with Crippen molar-refractivity contribution >= 4 is 34.9 Å². The van der Waals surface area contributed by atoms with E-state index in [4.69, 9.17) is 11.6 Å². The van der Waals surface area contributed by atoms with Crippen LogP contribution in [-0.4, -0.2) is 44.2 Å². The summed E-state index contributed by atoms with van der Waals surface area (Å²) in [6.07, 6.45) is 4.58. The molecule has 1 atom stereocenters. The van der Waals surface area contributed by atoms with Gasteiger partial charge in [0.2, 0.25) is 5.91 Å². The third kappa shape index (κ3) is 4.28. The van der Waals surface area contributed by atoms with Crippen LogP contribution in [0.5, 0.6) is 0 Å². The lowest BCUT2D eigenvalue weighted by atomic mass is 9.97. The first kappa shape index (κ1) is 18.3. The fourth-order valence-electron chi connectivity index (χ4n) is 3.50. The van der Waals surface area contributed by atoms with Crippen molar-refractivity contribution < 1.29 is 4.79 Å². The Hall–Kier alpha value is -2.05. The highest BCUT2D eigenvalue weighted by Gasteiger charge is 2.27. The molecule has 3 aromatic rings. The molecule has 7 heteroatoms. The summed E-state index contributed by atoms with van der Waals surface area (Å²) in [7, 11) is 0. The topological polar surface area (TPSA) is 50.5 Å². The van der Waals surface area contributed by atoms with Crippen LogP contribution >= 0.6 is 23.4 Å². The molecule has 0 aliphatic carbocycles. The second-order valence-corrected chi connectivity index (χ2v) is 8.32. The van der Waals surface area contributed by atoms with E-state index in [0.29, 0.717) is 6.42 Å². The number of thioether (sulfide) groups is 1. The molecule has 1 fully saturated rings. The van der Waals surface area contributed by atoms with E-state index in [9.17, 15) is 4.79 Å². The molecule has 3 heterocycles. The van der Waals surface area contributed by atoms with Gasteiger partial charge in [0.15, 0.2) is 5.65 Å². The smallest absolute Gasteiger partial charge is 0.223 e. The molecule has 0 spiro atoms. The number of pyridine rings is 1. The molecule has 1 aromatic carbocycles. The van der Waals surface area contributed by atoms with Crippen LogP contribution in [0.3, 0.4) is 0 Å². The number of hydrogen-bond acceptors (Lipinski definition) is 4. The number of piperidine rings is 1. The van der Waals surface area contributed by atoms with Crippen LogP contribution in [0.2, 0.25) is 5.02 Å². The van der Waals surface area contributed by atoms with Crippen LogP contribution in [0.4, 0.5) is 0 Å². The molecule has 1 saturated heterocycles. The van der Waals surface area contributed by atoms with Crippen LogP contribution < -0.4 is 0 Å². The summed E-state index contributed by atoms with van der Waals surface area (Å²) < 4.78 is 2.04. The van der Waals surface area contributed by atoms with Gasteiger partial charge < -0.3 is 4.90 Å². The van der Waals surface area contributed by atoms with E-state index in [1.54, 1.807) is 11.8 Å². The summed E-state index contributed by atoms with van der Waals surface area (Å²) in [4.78, 5) is 15.8. The lowest BCUT2D eigenvalue weighted by molar-refractivity contribution is -0.132. The molecule has 0 unspecified atom stereocenters. The van der Waals surface area contributed by atoms with Gasteiger partial charge in [-0.25, -0.2) is 0 Å². The van der Waals surface area contributed by atoms with E-state index in [0.717, 1.165) is 53.1 Å². The SMILES string of the molecule is O=C(CCSc1ccc(Cl)cc1)N1CCC[C@H](c2nnc3ccccn23)C1. The highest BCUT2D eigenvalue weighted by Crippen LogP contribution is 2.27. The number of carbonyl (C=O) groups excluding carboxylic acids is 1. The highest BCUT2D eigenvalue weighted by atomic mass is 35.5. The van der Waals surface area contributed by atoms with Gasteiger partial charge in [0.25, 0.3) is 0 Å². The minimum absolute atomic E-state index is 0.218. The maximum absolute atomic E-state index is 12.7. The molecule has 4 rings (SSSR count). The zero-order chi connectivity index (χ0) is 18.6. The lowest BCUT2D eigenvalue weighted by Crippen LogP contribution is -2.39. The van der Waals surface area contributed by atoms with Gasteiger partial charge in [-0.05, 0) is 49.2 Å². The van der Waals surface area contributed by atoms with E-state index in [-0.39, 0.29) is 11.8 Å². The number of fused-ring (bicyclic) bond motifs is 1. The minimum atomic E-state index is 0.218. The van der Waals surface area contributed by atoms with E-state index in [1.807, 2.05) is 58.0 Å². The average molecular weight is 401 g/mol. The van der Waals surface area contributed by atoms with Gasteiger partial charge in [0.05, 0.1) is 0 Å². The molecule has 140 valence electrons. The normalized spacial score (nSPS) is 17.4. The van der Waals surface area contributed by atoms with Gasteiger partial charge in [-0.1, -0.05) is 17.7 Å². The maximum Gasteiger partial charge on any atom is 0.223 e. The van der Waals surface area contributed by atoms with Crippen LogP contribution in [-0.2, 0) is 4.79 Å². The molecular formula is C20H21ClN4OS. The third-order valence-electron chi connectivity index (χ3n) is 4.88. The lowest BCUT2D eigenvalue weighted by Gasteiger charge is -2.32. The Balaban J connectivity index is 1.35. The van der Waals surface area contributed by atoms with Crippen LogP contribution in [0, 0.1) is 0 Å². The van der Waals surface area contributed by atoms with E-state index >= 15 is 0 Å². The number of likely N-dealkylation sites (tertiary alicyclic amines) is 1. The van der Waals surface area contributed by atoms with Crippen molar-refractivity contribution in [3.63, 3.8) is 0 Å². The first-order valence-corrected chi connectivity index (χ1v) is 10.5. The highest BCUT2D eigenvalue weighted by molar-refractivity contribution is 7.99. The van der Waals surface area contributed by atoms with Gasteiger partial charge in [-0.3, -0.25) is 9.20 Å². The summed E-state index contributed by atoms with van der Waals surface area (Å²) in [5.74, 6) is 2.19. The van der Waals surface area contributed by atoms with Gasteiger partial charge in [0.1, 0.15) is 5.82 Å². The van der Waals surface area contributed by atoms with Crippen LogP contribution in [0.25, 0.3) is 5.65 Å². The molecule has 1 amide bonds. The number of hydrogen-bond donors (Lipinski definition) is 0. The standard InChI is InChI=1S/C20H21ClN4OS/c21-16-6-8-17(9-7-16)27-13-10-19(26)24-11-3-4-15(14-24)20-23-22-18-5-1-2-12-25(18)20/h1-2,5-9,12,15H,3-4,10-11,13-14H2/t15-/m0/s1. The van der Waals surface area contributed by atoms with E-state index in [2.05, 4.69) is 10.2 Å². The van der Waals surface area contributed by atoms with Gasteiger partial charge in [-0.15, -0.1) is 22.0 Å². The molecule has 0 bridgehead atoms. The van der Waals surface area contributed by atoms with Gasteiger partial charge in [-0.2, -0.15) is 0 Å². The second-order valence-electron chi connectivity index (χ2n) is 6.72. The predicted octanol–water partition coefficient (Wildman–Crippen LogP) is 4.27. The van der Waals surface area contributed by atoms with Gasteiger partial charge >= 0.3 is 0 Å². The van der Waals surface area contributed by atoms with Crippen LogP contribution in [0.1, 0.15) is 31.0 Å². The van der Waals surface area contributed by atoms with Crippen LogP contribution in [0.15, 0.2) is 53.6 Å². The average Bonchev–Trinajstić information content (AvgIpc) is 3.14.